The number of nitrogens with one attached hydrogen (secondary N) is 1. The Hall–Kier alpha value is -0.940. The third kappa shape index (κ3) is 3.28. The Morgan fingerprint density at radius 3 is 2.38 bits per heavy atom. The minimum Gasteiger partial charge on any atom is -0.379 e. The molecule has 0 aromatic heterocycles. The first-order chi connectivity index (χ1) is 7.88. The van der Waals surface area contributed by atoms with Crippen molar-refractivity contribution in [2.24, 2.45) is 5.84 Å². The summed E-state index contributed by atoms with van der Waals surface area (Å²) >= 11 is 0. The van der Waals surface area contributed by atoms with Gasteiger partial charge in [-0.05, 0) is 11.1 Å². The van der Waals surface area contributed by atoms with Crippen molar-refractivity contribution in [3.63, 3.8) is 0 Å². The number of ether oxygens (including phenoxy) is 1. The van der Waals surface area contributed by atoms with Gasteiger partial charge < -0.3 is 4.74 Å². The summed E-state index contributed by atoms with van der Waals surface area (Å²) in [6, 6.07) is 8.58. The van der Waals surface area contributed by atoms with E-state index in [9.17, 15) is 0 Å². The molecule has 4 nitrogen and oxygen atoms in total. The smallest absolute Gasteiger partial charge is 0.0594 e. The van der Waals surface area contributed by atoms with Gasteiger partial charge in [-0.2, -0.15) is 0 Å². The number of nitrogens with zero attached hydrogens (tertiary/aromatic N) is 1. The predicted molar refractivity (Wildman–Crippen MR) is 63.6 cm³/mol. The van der Waals surface area contributed by atoms with E-state index in [1.165, 1.54) is 11.1 Å². The highest BCUT2D eigenvalue weighted by Gasteiger charge is 2.10. The second-order valence-electron chi connectivity index (χ2n) is 4.09. The van der Waals surface area contributed by atoms with Gasteiger partial charge in [-0.1, -0.05) is 24.3 Å². The molecule has 3 N–H and O–H groups in total. The van der Waals surface area contributed by atoms with Crippen molar-refractivity contribution in [1.82, 2.24) is 10.3 Å². The second-order valence-corrected chi connectivity index (χ2v) is 4.09. The van der Waals surface area contributed by atoms with Crippen LogP contribution in [0, 0.1) is 0 Å². The molecule has 0 saturated carbocycles. The Bertz CT molecular complexity index is 307. The van der Waals surface area contributed by atoms with E-state index in [1.807, 2.05) is 0 Å². The molecule has 4 heteroatoms. The van der Waals surface area contributed by atoms with Crippen LogP contribution in [0.4, 0.5) is 0 Å². The molecule has 0 unspecified atom stereocenters. The molecule has 0 aliphatic carbocycles. The first kappa shape index (κ1) is 11.5. The molecule has 0 atom stereocenters. The van der Waals surface area contributed by atoms with E-state index in [0.29, 0.717) is 0 Å². The van der Waals surface area contributed by atoms with Gasteiger partial charge in [0.2, 0.25) is 0 Å². The first-order valence-electron chi connectivity index (χ1n) is 5.70. The molecular formula is C12H19N3O. The van der Waals surface area contributed by atoms with Crippen LogP contribution in [0.15, 0.2) is 24.3 Å². The van der Waals surface area contributed by atoms with Gasteiger partial charge in [0.1, 0.15) is 0 Å². The number of hydrogen-bond acceptors (Lipinski definition) is 4. The summed E-state index contributed by atoms with van der Waals surface area (Å²) in [7, 11) is 0. The fraction of sp³-hybridized carbons (Fsp3) is 0.500. The summed E-state index contributed by atoms with van der Waals surface area (Å²) in [6.45, 7) is 5.51. The maximum absolute atomic E-state index is 5.32. The molecular weight excluding hydrogens is 202 g/mol. The van der Waals surface area contributed by atoms with Gasteiger partial charge in [0.05, 0.1) is 13.2 Å². The molecule has 1 aromatic rings. The lowest BCUT2D eigenvalue weighted by atomic mass is 10.1. The van der Waals surface area contributed by atoms with E-state index in [-0.39, 0.29) is 0 Å². The van der Waals surface area contributed by atoms with Crippen molar-refractivity contribution in [2.45, 2.75) is 13.1 Å². The average Bonchev–Trinajstić information content (AvgIpc) is 2.33. The van der Waals surface area contributed by atoms with Crippen molar-refractivity contribution in [3.8, 4) is 0 Å². The number of rotatable bonds is 4. The summed E-state index contributed by atoms with van der Waals surface area (Å²) in [5, 5.41) is 0. The molecule has 1 aliphatic heterocycles. The summed E-state index contributed by atoms with van der Waals surface area (Å²) in [6.07, 6.45) is 0. The summed E-state index contributed by atoms with van der Waals surface area (Å²) in [5.41, 5.74) is 5.22. The molecule has 0 bridgehead atoms. The van der Waals surface area contributed by atoms with E-state index in [2.05, 4.69) is 34.6 Å². The van der Waals surface area contributed by atoms with Gasteiger partial charge in [-0.15, -0.1) is 0 Å². The number of hydrazine groups is 1. The fourth-order valence-corrected chi connectivity index (χ4v) is 1.90. The predicted octanol–water partition coefficient (Wildman–Crippen LogP) is 0.482. The molecule has 1 saturated heterocycles. The highest BCUT2D eigenvalue weighted by molar-refractivity contribution is 5.22. The fourth-order valence-electron chi connectivity index (χ4n) is 1.90. The molecule has 0 spiro atoms. The van der Waals surface area contributed by atoms with Crippen molar-refractivity contribution >= 4 is 0 Å². The summed E-state index contributed by atoms with van der Waals surface area (Å²) < 4.78 is 5.32. The molecule has 1 aromatic carbocycles. The highest BCUT2D eigenvalue weighted by Crippen LogP contribution is 2.08. The van der Waals surface area contributed by atoms with Crippen molar-refractivity contribution in [3.05, 3.63) is 35.4 Å². The molecule has 1 fully saturated rings. The minimum atomic E-state index is 0.720. The first-order valence-corrected chi connectivity index (χ1v) is 5.70. The number of morpholine rings is 1. The van der Waals surface area contributed by atoms with Gasteiger partial charge in [0, 0.05) is 26.2 Å². The van der Waals surface area contributed by atoms with Crippen LogP contribution in [0.5, 0.6) is 0 Å². The monoisotopic (exact) mass is 221 g/mol. The number of hydrogen-bond donors (Lipinski definition) is 2. The second kappa shape index (κ2) is 5.96. The number of nitrogens with two attached hydrogens (primary N) is 1. The van der Waals surface area contributed by atoms with Crippen molar-refractivity contribution in [1.29, 1.82) is 0 Å². The van der Waals surface area contributed by atoms with Crippen LogP contribution >= 0.6 is 0 Å². The Morgan fingerprint density at radius 1 is 1.12 bits per heavy atom. The number of benzene rings is 1. The SMILES string of the molecule is NNCc1ccc(CN2CCOCC2)cc1. The van der Waals surface area contributed by atoms with Crippen LogP contribution in [-0.4, -0.2) is 31.2 Å². The zero-order valence-electron chi connectivity index (χ0n) is 9.48. The third-order valence-corrected chi connectivity index (χ3v) is 2.84. The van der Waals surface area contributed by atoms with Crippen LogP contribution in [0.1, 0.15) is 11.1 Å². The molecule has 88 valence electrons. The zero-order valence-corrected chi connectivity index (χ0v) is 9.48. The quantitative estimate of drug-likeness (QED) is 0.573. The topological polar surface area (TPSA) is 50.5 Å². The van der Waals surface area contributed by atoms with E-state index >= 15 is 0 Å². The maximum Gasteiger partial charge on any atom is 0.0594 e. The Kier molecular flexibility index (Phi) is 4.30. The van der Waals surface area contributed by atoms with Crippen LogP contribution < -0.4 is 11.3 Å². The molecule has 0 amide bonds. The summed E-state index contributed by atoms with van der Waals surface area (Å²) in [4.78, 5) is 2.42. The average molecular weight is 221 g/mol. The van der Waals surface area contributed by atoms with Gasteiger partial charge in [0.25, 0.3) is 0 Å². The van der Waals surface area contributed by atoms with E-state index in [4.69, 9.17) is 10.6 Å². The largest absolute Gasteiger partial charge is 0.379 e. The maximum atomic E-state index is 5.32. The lowest BCUT2D eigenvalue weighted by Crippen LogP contribution is -2.35. The lowest BCUT2D eigenvalue weighted by Gasteiger charge is -2.26. The zero-order chi connectivity index (χ0) is 11.2. The summed E-state index contributed by atoms with van der Waals surface area (Å²) in [5.74, 6) is 5.28. The van der Waals surface area contributed by atoms with Crippen LogP contribution in [-0.2, 0) is 17.8 Å². The van der Waals surface area contributed by atoms with Gasteiger partial charge in [0.15, 0.2) is 0 Å². The molecule has 2 rings (SSSR count). The van der Waals surface area contributed by atoms with Gasteiger partial charge in [-0.3, -0.25) is 16.2 Å². The van der Waals surface area contributed by atoms with Crippen molar-refractivity contribution < 1.29 is 4.74 Å². The highest BCUT2D eigenvalue weighted by atomic mass is 16.5. The van der Waals surface area contributed by atoms with E-state index in [1.54, 1.807) is 0 Å². The van der Waals surface area contributed by atoms with Crippen LogP contribution in [0.25, 0.3) is 0 Å². The molecule has 1 aliphatic rings. The minimum absolute atomic E-state index is 0.720. The van der Waals surface area contributed by atoms with Gasteiger partial charge >= 0.3 is 0 Å². The van der Waals surface area contributed by atoms with E-state index < -0.39 is 0 Å². The lowest BCUT2D eigenvalue weighted by molar-refractivity contribution is 0.0342. The standard InChI is InChI=1S/C12H19N3O/c13-14-9-11-1-3-12(4-2-11)10-15-5-7-16-8-6-15/h1-4,14H,5-10,13H2. The molecule has 1 heterocycles. The molecule has 16 heavy (non-hydrogen) atoms. The van der Waals surface area contributed by atoms with Crippen molar-refractivity contribution in [2.75, 3.05) is 26.3 Å². The van der Waals surface area contributed by atoms with Gasteiger partial charge in [-0.25, -0.2) is 0 Å². The Labute approximate surface area is 96.3 Å². The Morgan fingerprint density at radius 2 is 1.75 bits per heavy atom. The normalized spacial score (nSPS) is 17.6. The Balaban J connectivity index is 1.88. The van der Waals surface area contributed by atoms with Crippen LogP contribution in [0.2, 0.25) is 0 Å². The third-order valence-electron chi connectivity index (χ3n) is 2.84. The van der Waals surface area contributed by atoms with Crippen LogP contribution in [0.3, 0.4) is 0 Å². The van der Waals surface area contributed by atoms with E-state index in [0.717, 1.165) is 39.4 Å². The molecule has 0 radical (unpaired) electrons.